The molecular weight excluding hydrogens is 418 g/mol. The number of furan rings is 1. The number of thiocarbonyl (C=S) groups is 1. The van der Waals surface area contributed by atoms with Gasteiger partial charge in [-0.15, -0.1) is 0 Å². The maximum absolute atomic E-state index is 12.9. The second kappa shape index (κ2) is 9.40. The van der Waals surface area contributed by atoms with Crippen LogP contribution in [0.1, 0.15) is 34.9 Å². The first kappa shape index (κ1) is 21.8. The summed E-state index contributed by atoms with van der Waals surface area (Å²) >= 11 is 5.73. The normalized spacial score (nSPS) is 11.0. The van der Waals surface area contributed by atoms with Gasteiger partial charge in [0.2, 0.25) is 0 Å². The molecule has 2 aromatic heterocycles. The molecule has 0 amide bonds. The number of anilines is 1. The van der Waals surface area contributed by atoms with Crippen LogP contribution in [0, 0.1) is 13.8 Å². The van der Waals surface area contributed by atoms with Crippen molar-refractivity contribution < 1.29 is 4.42 Å². The van der Waals surface area contributed by atoms with Crippen molar-refractivity contribution >= 4 is 33.9 Å². The Morgan fingerprint density at radius 2 is 1.88 bits per heavy atom. The van der Waals surface area contributed by atoms with Gasteiger partial charge in [-0.25, -0.2) is 0 Å². The predicted molar refractivity (Wildman–Crippen MR) is 134 cm³/mol. The zero-order valence-corrected chi connectivity index (χ0v) is 19.4. The Labute approximate surface area is 193 Å². The first-order valence-corrected chi connectivity index (χ1v) is 11.1. The smallest absolute Gasteiger partial charge is 0.253 e. The molecule has 4 aromatic rings. The molecule has 0 aliphatic carbocycles. The van der Waals surface area contributed by atoms with Gasteiger partial charge in [0.15, 0.2) is 5.11 Å². The Morgan fingerprint density at radius 3 is 2.56 bits per heavy atom. The zero-order valence-electron chi connectivity index (χ0n) is 18.6. The second-order valence-electron chi connectivity index (χ2n) is 8.09. The third-order valence-electron chi connectivity index (χ3n) is 5.56. The van der Waals surface area contributed by atoms with E-state index in [4.69, 9.17) is 16.6 Å². The number of aryl methyl sites for hydroxylation is 3. The molecule has 0 fully saturated rings. The number of hydrogen-bond donors (Lipinski definition) is 2. The molecule has 0 spiro atoms. The van der Waals surface area contributed by atoms with Crippen LogP contribution in [0.2, 0.25) is 0 Å². The average molecular weight is 446 g/mol. The lowest BCUT2D eigenvalue weighted by molar-refractivity contribution is 0.359. The largest absolute Gasteiger partial charge is 0.467 e. The molecule has 0 unspecified atom stereocenters. The molecule has 0 aliphatic rings. The Morgan fingerprint density at radius 1 is 1.09 bits per heavy atom. The second-order valence-corrected chi connectivity index (χ2v) is 8.47. The topological polar surface area (TPSA) is 61.3 Å². The van der Waals surface area contributed by atoms with E-state index < -0.39 is 0 Å². The van der Waals surface area contributed by atoms with Crippen LogP contribution in [0.4, 0.5) is 5.69 Å². The lowest BCUT2D eigenvalue weighted by Gasteiger charge is -2.25. The highest BCUT2D eigenvalue weighted by atomic mass is 32.1. The first-order chi connectivity index (χ1) is 15.4. The Balaban J connectivity index is 1.63. The maximum atomic E-state index is 12.9. The van der Waals surface area contributed by atoms with Gasteiger partial charge in [-0.2, -0.15) is 0 Å². The predicted octanol–water partition coefficient (Wildman–Crippen LogP) is 5.70. The van der Waals surface area contributed by atoms with Gasteiger partial charge < -0.3 is 19.6 Å². The molecule has 0 saturated carbocycles. The SMILES string of the molecule is CCc1ccc(NC(=S)N(Cc2ccco2)Cc2cc3cc(C)cc(C)c3[nH]c2=O)cc1. The molecule has 0 aliphatic heterocycles. The van der Waals surface area contributed by atoms with Gasteiger partial charge in [0.1, 0.15) is 5.76 Å². The van der Waals surface area contributed by atoms with Gasteiger partial charge in [-0.3, -0.25) is 4.79 Å². The van der Waals surface area contributed by atoms with Crippen LogP contribution < -0.4 is 10.9 Å². The maximum Gasteiger partial charge on any atom is 0.253 e. The van der Waals surface area contributed by atoms with E-state index in [1.54, 1.807) is 6.26 Å². The number of benzene rings is 2. The van der Waals surface area contributed by atoms with E-state index in [0.717, 1.165) is 39.9 Å². The highest BCUT2D eigenvalue weighted by Crippen LogP contribution is 2.20. The van der Waals surface area contributed by atoms with Gasteiger partial charge in [-0.1, -0.05) is 30.7 Å². The van der Waals surface area contributed by atoms with E-state index in [0.29, 0.717) is 23.8 Å². The minimum atomic E-state index is -0.107. The molecule has 0 atom stereocenters. The fraction of sp³-hybridized carbons (Fsp3) is 0.231. The highest BCUT2D eigenvalue weighted by Gasteiger charge is 2.16. The van der Waals surface area contributed by atoms with Crippen molar-refractivity contribution in [3.8, 4) is 0 Å². The molecule has 0 radical (unpaired) electrons. The fourth-order valence-corrected chi connectivity index (χ4v) is 4.12. The monoisotopic (exact) mass is 445 g/mol. The molecule has 4 rings (SSSR count). The number of rotatable bonds is 6. The van der Waals surface area contributed by atoms with Crippen LogP contribution in [0.25, 0.3) is 10.9 Å². The van der Waals surface area contributed by atoms with Crippen LogP contribution in [0.3, 0.4) is 0 Å². The number of pyridine rings is 1. The Bertz CT molecular complexity index is 1290. The van der Waals surface area contributed by atoms with Crippen molar-refractivity contribution in [3.05, 3.63) is 99.2 Å². The summed E-state index contributed by atoms with van der Waals surface area (Å²) in [5.41, 5.74) is 5.82. The van der Waals surface area contributed by atoms with Crippen molar-refractivity contribution in [2.45, 2.75) is 40.3 Å². The number of hydrogen-bond acceptors (Lipinski definition) is 3. The fourth-order valence-electron chi connectivity index (χ4n) is 3.87. The molecule has 5 nitrogen and oxygen atoms in total. The summed E-state index contributed by atoms with van der Waals surface area (Å²) in [5.74, 6) is 0.777. The van der Waals surface area contributed by atoms with Crippen molar-refractivity contribution in [2.75, 3.05) is 5.32 Å². The molecule has 2 N–H and O–H groups in total. The first-order valence-electron chi connectivity index (χ1n) is 10.7. The summed E-state index contributed by atoms with van der Waals surface area (Å²) in [7, 11) is 0. The number of aromatic nitrogens is 1. The van der Waals surface area contributed by atoms with E-state index in [1.165, 1.54) is 5.56 Å². The van der Waals surface area contributed by atoms with Crippen molar-refractivity contribution in [1.82, 2.24) is 9.88 Å². The molecule has 6 heteroatoms. The van der Waals surface area contributed by atoms with Crippen molar-refractivity contribution in [3.63, 3.8) is 0 Å². The van der Waals surface area contributed by atoms with E-state index in [9.17, 15) is 4.79 Å². The number of aromatic amines is 1. The van der Waals surface area contributed by atoms with Gasteiger partial charge in [0, 0.05) is 11.3 Å². The Kier molecular flexibility index (Phi) is 6.42. The molecule has 2 heterocycles. The van der Waals surface area contributed by atoms with Crippen LogP contribution in [0.15, 0.2) is 70.1 Å². The summed E-state index contributed by atoms with van der Waals surface area (Å²) < 4.78 is 5.55. The number of nitrogens with one attached hydrogen (secondary N) is 2. The molecule has 32 heavy (non-hydrogen) atoms. The summed E-state index contributed by atoms with van der Waals surface area (Å²) in [6.45, 7) is 7.01. The number of H-pyrrole nitrogens is 1. The third kappa shape index (κ3) is 4.92. The zero-order chi connectivity index (χ0) is 22.7. The number of fused-ring (bicyclic) bond motifs is 1. The summed E-state index contributed by atoms with van der Waals surface area (Å²) in [4.78, 5) is 17.9. The lowest BCUT2D eigenvalue weighted by Crippen LogP contribution is -2.35. The van der Waals surface area contributed by atoms with Crippen LogP contribution in [-0.2, 0) is 19.5 Å². The van der Waals surface area contributed by atoms with E-state index in [1.807, 2.05) is 42.2 Å². The van der Waals surface area contributed by atoms with Crippen LogP contribution in [-0.4, -0.2) is 15.0 Å². The van der Waals surface area contributed by atoms with Gasteiger partial charge in [0.25, 0.3) is 5.56 Å². The Hall–Kier alpha value is -3.38. The summed E-state index contributed by atoms with van der Waals surface area (Å²) in [6.07, 6.45) is 2.63. The molecule has 0 bridgehead atoms. The lowest BCUT2D eigenvalue weighted by atomic mass is 10.1. The highest BCUT2D eigenvalue weighted by molar-refractivity contribution is 7.80. The number of nitrogens with zero attached hydrogens (tertiary/aromatic N) is 1. The minimum absolute atomic E-state index is 0.107. The van der Waals surface area contributed by atoms with Crippen LogP contribution >= 0.6 is 12.2 Å². The van der Waals surface area contributed by atoms with Gasteiger partial charge in [0.05, 0.1) is 24.9 Å². The minimum Gasteiger partial charge on any atom is -0.467 e. The van der Waals surface area contributed by atoms with Crippen molar-refractivity contribution in [1.29, 1.82) is 0 Å². The summed E-state index contributed by atoms with van der Waals surface area (Å²) in [5, 5.41) is 4.85. The molecule has 164 valence electrons. The molecule has 2 aromatic carbocycles. The van der Waals surface area contributed by atoms with E-state index in [2.05, 4.69) is 48.4 Å². The van der Waals surface area contributed by atoms with Gasteiger partial charge in [-0.05, 0) is 85.4 Å². The quantitative estimate of drug-likeness (QED) is 0.373. The molecule has 0 saturated heterocycles. The average Bonchev–Trinajstić information content (AvgIpc) is 3.28. The van der Waals surface area contributed by atoms with E-state index in [-0.39, 0.29) is 5.56 Å². The summed E-state index contributed by atoms with van der Waals surface area (Å²) in [6, 6.07) is 18.1. The van der Waals surface area contributed by atoms with E-state index >= 15 is 0 Å². The van der Waals surface area contributed by atoms with Gasteiger partial charge >= 0.3 is 0 Å². The molecular formula is C26H27N3O2S. The van der Waals surface area contributed by atoms with Crippen LogP contribution in [0.5, 0.6) is 0 Å². The third-order valence-corrected chi connectivity index (χ3v) is 5.92. The van der Waals surface area contributed by atoms with Crippen molar-refractivity contribution in [2.24, 2.45) is 0 Å². The standard InChI is InChI=1S/C26H27N3O2S/c1-4-19-7-9-22(10-8-19)27-26(32)29(16-23-6-5-11-31-23)15-21-14-20-13-17(2)12-18(3)24(20)28-25(21)30/h5-14H,4,15-16H2,1-3H3,(H,27,32)(H,28,30).